The first-order valence-corrected chi connectivity index (χ1v) is 10.0. The number of allylic oxidation sites excluding steroid dienone is 2. The van der Waals surface area contributed by atoms with Crippen LogP contribution in [-0.2, 0) is 9.53 Å². The molecule has 5 atom stereocenters. The van der Waals surface area contributed by atoms with Crippen molar-refractivity contribution in [3.63, 3.8) is 0 Å². The maximum absolute atomic E-state index is 10.5. The normalized spacial score (nSPS) is 29.8. The average Bonchev–Trinajstić information content (AvgIpc) is 3.17. The minimum atomic E-state index is -0.724. The van der Waals surface area contributed by atoms with Crippen LogP contribution >= 0.6 is 0 Å². The number of carboxylic acid groups (broad SMARTS) is 1. The molecule has 2 aliphatic heterocycles. The smallest absolute Gasteiger partial charge is 0.303 e. The quantitative estimate of drug-likeness (QED) is 0.402. The molecule has 0 saturated carbocycles. The number of unbranched alkanes of at least 4 members (excludes halogenated alkanes) is 3. The van der Waals surface area contributed by atoms with Crippen LogP contribution in [-0.4, -0.2) is 34.5 Å². The number of hydrogen-bond acceptors (Lipinski definition) is 3. The van der Waals surface area contributed by atoms with E-state index in [-0.39, 0.29) is 12.5 Å². The van der Waals surface area contributed by atoms with Crippen LogP contribution in [0.15, 0.2) is 24.3 Å². The second-order valence-electron chi connectivity index (χ2n) is 7.47. The summed E-state index contributed by atoms with van der Waals surface area (Å²) in [5.74, 6) is 0.175. The summed E-state index contributed by atoms with van der Waals surface area (Å²) in [6, 6.07) is 0. The molecule has 2 heterocycles. The topological polar surface area (TPSA) is 66.8 Å². The summed E-state index contributed by atoms with van der Waals surface area (Å²) in [6.45, 7) is 2.18. The van der Waals surface area contributed by atoms with Crippen molar-refractivity contribution in [3.05, 3.63) is 24.3 Å². The fraction of sp³-hybridized carbons (Fsp3) is 0.762. The van der Waals surface area contributed by atoms with Gasteiger partial charge in [-0.25, -0.2) is 0 Å². The van der Waals surface area contributed by atoms with Gasteiger partial charge < -0.3 is 14.9 Å². The highest BCUT2D eigenvalue weighted by Gasteiger charge is 2.46. The number of fused-ring (bicyclic) bond motifs is 2. The lowest BCUT2D eigenvalue weighted by atomic mass is 9.77. The number of aliphatic carboxylic acids is 1. The summed E-state index contributed by atoms with van der Waals surface area (Å²) in [4.78, 5) is 10.5. The number of ether oxygens (including phenoxy) is 1. The molecule has 0 spiro atoms. The van der Waals surface area contributed by atoms with E-state index in [0.717, 1.165) is 38.5 Å². The Labute approximate surface area is 152 Å². The molecule has 0 aromatic heterocycles. The molecular formula is C21H34O4. The van der Waals surface area contributed by atoms with Crippen LogP contribution in [0.3, 0.4) is 0 Å². The summed E-state index contributed by atoms with van der Waals surface area (Å²) < 4.78 is 6.09. The molecule has 2 aliphatic rings. The molecule has 2 fully saturated rings. The van der Waals surface area contributed by atoms with Crippen molar-refractivity contribution < 1.29 is 19.7 Å². The minimum Gasteiger partial charge on any atom is -0.481 e. The van der Waals surface area contributed by atoms with Gasteiger partial charge in [0.2, 0.25) is 0 Å². The van der Waals surface area contributed by atoms with Crippen molar-refractivity contribution in [2.24, 2.45) is 11.8 Å². The fourth-order valence-electron chi connectivity index (χ4n) is 4.09. The van der Waals surface area contributed by atoms with Gasteiger partial charge in [0.05, 0.1) is 18.3 Å². The lowest BCUT2D eigenvalue weighted by Crippen LogP contribution is -2.25. The van der Waals surface area contributed by atoms with Crippen molar-refractivity contribution in [2.75, 3.05) is 0 Å². The average molecular weight is 350 g/mol. The first-order valence-electron chi connectivity index (χ1n) is 10.0. The second-order valence-corrected chi connectivity index (χ2v) is 7.47. The van der Waals surface area contributed by atoms with Crippen LogP contribution in [0.4, 0.5) is 0 Å². The monoisotopic (exact) mass is 350 g/mol. The number of aliphatic hydroxyl groups excluding tert-OH is 1. The minimum absolute atomic E-state index is 0.239. The van der Waals surface area contributed by atoms with Crippen LogP contribution in [0.25, 0.3) is 0 Å². The van der Waals surface area contributed by atoms with Gasteiger partial charge in [-0.1, -0.05) is 50.5 Å². The molecule has 142 valence electrons. The zero-order chi connectivity index (χ0) is 18.1. The Morgan fingerprint density at radius 3 is 2.76 bits per heavy atom. The summed E-state index contributed by atoms with van der Waals surface area (Å²) in [5, 5.41) is 18.8. The third kappa shape index (κ3) is 6.59. The molecular weight excluding hydrogens is 316 g/mol. The molecule has 25 heavy (non-hydrogen) atoms. The van der Waals surface area contributed by atoms with E-state index in [1.54, 1.807) is 0 Å². The van der Waals surface area contributed by atoms with Crippen LogP contribution in [0.1, 0.15) is 71.1 Å². The SMILES string of the molecule is CCCCC[C@@H](O)/C=C/[C@@H]1[C@@H](C/C=C\CCCC(=O)O)[C@H]2CC[C@@H]1O2. The van der Waals surface area contributed by atoms with Crippen molar-refractivity contribution in [1.29, 1.82) is 0 Å². The highest BCUT2D eigenvalue weighted by Crippen LogP contribution is 2.45. The molecule has 0 unspecified atom stereocenters. The molecule has 0 aliphatic carbocycles. The maximum atomic E-state index is 10.5. The number of aliphatic hydroxyl groups is 1. The molecule has 2 saturated heterocycles. The van der Waals surface area contributed by atoms with E-state index >= 15 is 0 Å². The van der Waals surface area contributed by atoms with Crippen LogP contribution in [0.2, 0.25) is 0 Å². The predicted molar refractivity (Wildman–Crippen MR) is 99.4 cm³/mol. The van der Waals surface area contributed by atoms with Crippen LogP contribution < -0.4 is 0 Å². The van der Waals surface area contributed by atoms with E-state index in [1.165, 1.54) is 12.8 Å². The van der Waals surface area contributed by atoms with E-state index in [2.05, 4.69) is 25.2 Å². The Balaban J connectivity index is 1.78. The van der Waals surface area contributed by atoms with E-state index in [4.69, 9.17) is 9.84 Å². The largest absolute Gasteiger partial charge is 0.481 e. The van der Waals surface area contributed by atoms with E-state index in [9.17, 15) is 9.90 Å². The highest BCUT2D eigenvalue weighted by molar-refractivity contribution is 5.66. The van der Waals surface area contributed by atoms with Gasteiger partial charge in [0.15, 0.2) is 0 Å². The first-order chi connectivity index (χ1) is 12.1. The molecule has 2 N–H and O–H groups in total. The summed E-state index contributed by atoms with van der Waals surface area (Å²) in [7, 11) is 0. The van der Waals surface area contributed by atoms with E-state index < -0.39 is 5.97 Å². The Kier molecular flexibility index (Phi) is 8.70. The van der Waals surface area contributed by atoms with Gasteiger partial charge in [0, 0.05) is 12.3 Å². The number of carbonyl (C=O) groups is 1. The Morgan fingerprint density at radius 2 is 2.00 bits per heavy atom. The van der Waals surface area contributed by atoms with Crippen LogP contribution in [0, 0.1) is 11.8 Å². The predicted octanol–water partition coefficient (Wildman–Crippen LogP) is 4.48. The molecule has 0 radical (unpaired) electrons. The van der Waals surface area contributed by atoms with E-state index in [1.807, 2.05) is 6.08 Å². The van der Waals surface area contributed by atoms with Crippen LogP contribution in [0.5, 0.6) is 0 Å². The number of hydrogen-bond donors (Lipinski definition) is 2. The van der Waals surface area contributed by atoms with Crippen molar-refractivity contribution >= 4 is 5.97 Å². The molecule has 2 rings (SSSR count). The zero-order valence-electron chi connectivity index (χ0n) is 15.5. The summed E-state index contributed by atoms with van der Waals surface area (Å²) >= 11 is 0. The lowest BCUT2D eigenvalue weighted by Gasteiger charge is -2.25. The van der Waals surface area contributed by atoms with Crippen molar-refractivity contribution in [1.82, 2.24) is 0 Å². The fourth-order valence-corrected chi connectivity index (χ4v) is 4.09. The van der Waals surface area contributed by atoms with Gasteiger partial charge in [-0.15, -0.1) is 0 Å². The third-order valence-corrected chi connectivity index (χ3v) is 5.48. The van der Waals surface area contributed by atoms with Gasteiger partial charge in [-0.3, -0.25) is 4.79 Å². The van der Waals surface area contributed by atoms with Gasteiger partial charge in [-0.2, -0.15) is 0 Å². The lowest BCUT2D eigenvalue weighted by molar-refractivity contribution is -0.137. The molecule has 4 nitrogen and oxygen atoms in total. The number of carboxylic acids is 1. The first kappa shape index (κ1) is 20.2. The number of rotatable bonds is 12. The second kappa shape index (κ2) is 10.8. The summed E-state index contributed by atoms with van der Waals surface area (Å²) in [5.41, 5.74) is 0. The third-order valence-electron chi connectivity index (χ3n) is 5.48. The standard InChI is InChI=1S/C21H34O4/c1-2-3-6-9-16(22)12-13-18-17(19-14-15-20(18)25-19)10-7-4-5-8-11-21(23)24/h4,7,12-13,16-20,22H,2-3,5-6,8-11,14-15H2,1H3,(H,23,24)/b7-4-,13-12+/t16-,17-,18-,19-,20+/m1/s1. The van der Waals surface area contributed by atoms with Crippen molar-refractivity contribution in [2.45, 2.75) is 89.4 Å². The zero-order valence-corrected chi connectivity index (χ0v) is 15.5. The Bertz CT molecular complexity index is 457. The van der Waals surface area contributed by atoms with E-state index in [0.29, 0.717) is 30.5 Å². The molecule has 2 bridgehead atoms. The Hall–Kier alpha value is -1.13. The maximum Gasteiger partial charge on any atom is 0.303 e. The van der Waals surface area contributed by atoms with Gasteiger partial charge in [0.25, 0.3) is 0 Å². The highest BCUT2D eigenvalue weighted by atomic mass is 16.5. The van der Waals surface area contributed by atoms with Gasteiger partial charge in [-0.05, 0) is 44.4 Å². The van der Waals surface area contributed by atoms with Gasteiger partial charge in [0.1, 0.15) is 0 Å². The van der Waals surface area contributed by atoms with Crippen molar-refractivity contribution in [3.8, 4) is 0 Å². The summed E-state index contributed by atoms with van der Waals surface area (Å²) in [6.07, 6.45) is 18.1. The molecule has 0 aromatic rings. The molecule has 4 heteroatoms. The Morgan fingerprint density at radius 1 is 1.20 bits per heavy atom. The molecule has 0 amide bonds. The molecule has 0 aromatic carbocycles. The van der Waals surface area contributed by atoms with Gasteiger partial charge >= 0.3 is 5.97 Å².